The molecular formula is C19H32N2. The fraction of sp³-hybridized carbons (Fsp3) is 0.684. The Morgan fingerprint density at radius 1 is 1.14 bits per heavy atom. The largest absolute Gasteiger partial charge is 0.323 e. The van der Waals surface area contributed by atoms with Gasteiger partial charge in [0.2, 0.25) is 0 Å². The monoisotopic (exact) mass is 288 g/mol. The van der Waals surface area contributed by atoms with Gasteiger partial charge in [-0.15, -0.1) is 0 Å². The van der Waals surface area contributed by atoms with E-state index in [9.17, 15) is 0 Å². The first kappa shape index (κ1) is 16.5. The zero-order chi connectivity index (χ0) is 15.6. The molecule has 0 bridgehead atoms. The normalized spacial score (nSPS) is 20.5. The Morgan fingerprint density at radius 2 is 1.67 bits per heavy atom. The van der Waals surface area contributed by atoms with Gasteiger partial charge in [-0.1, -0.05) is 38.0 Å². The van der Waals surface area contributed by atoms with Gasteiger partial charge < -0.3 is 10.6 Å². The third kappa shape index (κ3) is 3.87. The summed E-state index contributed by atoms with van der Waals surface area (Å²) >= 11 is 0. The Hall–Kier alpha value is -0.860. The number of rotatable bonds is 4. The Kier molecular flexibility index (Phi) is 5.11. The van der Waals surface area contributed by atoms with Crippen molar-refractivity contribution in [2.75, 3.05) is 19.6 Å². The van der Waals surface area contributed by atoms with Crippen LogP contribution in [0.2, 0.25) is 0 Å². The van der Waals surface area contributed by atoms with Gasteiger partial charge in [0.05, 0.1) is 0 Å². The van der Waals surface area contributed by atoms with E-state index >= 15 is 0 Å². The van der Waals surface area contributed by atoms with Gasteiger partial charge in [-0.25, -0.2) is 0 Å². The molecule has 0 saturated carbocycles. The van der Waals surface area contributed by atoms with E-state index in [1.165, 1.54) is 54.6 Å². The molecule has 21 heavy (non-hydrogen) atoms. The van der Waals surface area contributed by atoms with Crippen LogP contribution in [0.3, 0.4) is 0 Å². The summed E-state index contributed by atoms with van der Waals surface area (Å²) in [4.78, 5) is 2.56. The second kappa shape index (κ2) is 6.50. The fourth-order valence-electron chi connectivity index (χ4n) is 3.77. The van der Waals surface area contributed by atoms with Crippen LogP contribution < -0.4 is 5.73 Å². The van der Waals surface area contributed by atoms with Crippen molar-refractivity contribution in [3.63, 3.8) is 0 Å². The Labute approximate surface area is 130 Å². The van der Waals surface area contributed by atoms with Crippen LogP contribution in [0.1, 0.15) is 61.4 Å². The Bertz CT molecular complexity index is 461. The van der Waals surface area contributed by atoms with Crippen LogP contribution in [0, 0.1) is 26.2 Å². The van der Waals surface area contributed by atoms with Crippen LogP contribution >= 0.6 is 0 Å². The highest BCUT2D eigenvalue weighted by Crippen LogP contribution is 2.34. The summed E-state index contributed by atoms with van der Waals surface area (Å²) in [6, 6.07) is 4.65. The summed E-state index contributed by atoms with van der Waals surface area (Å²) in [7, 11) is 0. The minimum atomic E-state index is 0.136. The molecular weight excluding hydrogens is 256 g/mol. The highest BCUT2D eigenvalue weighted by molar-refractivity contribution is 5.39. The molecule has 0 amide bonds. The van der Waals surface area contributed by atoms with Gasteiger partial charge in [-0.3, -0.25) is 0 Å². The van der Waals surface area contributed by atoms with Crippen molar-refractivity contribution in [3.8, 4) is 0 Å². The Morgan fingerprint density at radius 3 is 2.14 bits per heavy atom. The molecule has 0 aliphatic carbocycles. The molecule has 2 nitrogen and oxygen atoms in total. The van der Waals surface area contributed by atoms with Crippen LogP contribution in [-0.4, -0.2) is 24.5 Å². The number of hydrogen-bond donors (Lipinski definition) is 1. The predicted molar refractivity (Wildman–Crippen MR) is 91.7 cm³/mol. The van der Waals surface area contributed by atoms with Crippen LogP contribution in [0.5, 0.6) is 0 Å². The molecule has 1 saturated heterocycles. The van der Waals surface area contributed by atoms with E-state index in [1.54, 1.807) is 0 Å². The highest BCUT2D eigenvalue weighted by Gasteiger charge is 2.29. The van der Waals surface area contributed by atoms with E-state index in [1.807, 2.05) is 0 Å². The van der Waals surface area contributed by atoms with Gasteiger partial charge in [0, 0.05) is 12.6 Å². The first-order valence-electron chi connectivity index (χ1n) is 8.40. The fourth-order valence-corrected chi connectivity index (χ4v) is 3.77. The maximum Gasteiger partial charge on any atom is 0.0429 e. The number of nitrogens with two attached hydrogens (primary N) is 1. The molecule has 1 fully saturated rings. The second-order valence-electron chi connectivity index (χ2n) is 7.38. The van der Waals surface area contributed by atoms with E-state index < -0.39 is 0 Å². The Balaban J connectivity index is 2.01. The van der Waals surface area contributed by atoms with E-state index in [0.29, 0.717) is 5.41 Å². The van der Waals surface area contributed by atoms with Crippen molar-refractivity contribution in [3.05, 3.63) is 34.4 Å². The molecule has 0 aromatic heterocycles. The molecule has 1 atom stereocenters. The van der Waals surface area contributed by atoms with Crippen LogP contribution in [0.4, 0.5) is 0 Å². The van der Waals surface area contributed by atoms with Gasteiger partial charge in [-0.2, -0.15) is 0 Å². The molecule has 2 heteroatoms. The van der Waals surface area contributed by atoms with E-state index in [4.69, 9.17) is 5.73 Å². The van der Waals surface area contributed by atoms with Gasteiger partial charge >= 0.3 is 0 Å². The van der Waals surface area contributed by atoms with Gasteiger partial charge in [-0.05, 0) is 68.8 Å². The van der Waals surface area contributed by atoms with Crippen molar-refractivity contribution in [1.82, 2.24) is 4.90 Å². The lowest BCUT2D eigenvalue weighted by molar-refractivity contribution is 0.110. The molecule has 1 heterocycles. The van der Waals surface area contributed by atoms with Crippen molar-refractivity contribution in [2.24, 2.45) is 11.1 Å². The number of aryl methyl sites for hydroxylation is 3. The standard InChI is InChI=1S/C19H32N2/c1-6-19(5)7-9-21(10-8-19)13-17(20)18-15(3)11-14(2)12-16(18)4/h11-12,17H,6-10,13,20H2,1-5H3. The topological polar surface area (TPSA) is 29.3 Å². The van der Waals surface area contributed by atoms with Crippen molar-refractivity contribution in [2.45, 2.75) is 59.9 Å². The molecule has 1 unspecified atom stereocenters. The molecule has 2 rings (SSSR count). The van der Waals surface area contributed by atoms with Crippen LogP contribution in [-0.2, 0) is 0 Å². The van der Waals surface area contributed by atoms with Crippen LogP contribution in [0.25, 0.3) is 0 Å². The quantitative estimate of drug-likeness (QED) is 0.903. The second-order valence-corrected chi connectivity index (χ2v) is 7.38. The summed E-state index contributed by atoms with van der Waals surface area (Å²) in [5.41, 5.74) is 12.5. The van der Waals surface area contributed by atoms with Crippen molar-refractivity contribution < 1.29 is 0 Å². The van der Waals surface area contributed by atoms with E-state index in [0.717, 1.165) is 6.54 Å². The van der Waals surface area contributed by atoms with Crippen LogP contribution in [0.15, 0.2) is 12.1 Å². The number of hydrogen-bond acceptors (Lipinski definition) is 2. The van der Waals surface area contributed by atoms with Gasteiger partial charge in [0.1, 0.15) is 0 Å². The summed E-state index contributed by atoms with van der Waals surface area (Å²) < 4.78 is 0. The zero-order valence-corrected chi connectivity index (χ0v) is 14.5. The highest BCUT2D eigenvalue weighted by atomic mass is 15.1. The summed E-state index contributed by atoms with van der Waals surface area (Å²) in [5.74, 6) is 0. The maximum atomic E-state index is 6.54. The smallest absolute Gasteiger partial charge is 0.0429 e. The van der Waals surface area contributed by atoms with Crippen molar-refractivity contribution >= 4 is 0 Å². The average molecular weight is 288 g/mol. The number of nitrogens with zero attached hydrogens (tertiary/aromatic N) is 1. The predicted octanol–water partition coefficient (Wildman–Crippen LogP) is 4.12. The molecule has 0 radical (unpaired) electrons. The lowest BCUT2D eigenvalue weighted by Crippen LogP contribution is -2.41. The van der Waals surface area contributed by atoms with Gasteiger partial charge in [0.15, 0.2) is 0 Å². The average Bonchev–Trinajstić information content (AvgIpc) is 2.40. The number of likely N-dealkylation sites (tertiary alicyclic amines) is 1. The summed E-state index contributed by atoms with van der Waals surface area (Å²) in [6.07, 6.45) is 3.91. The first-order valence-corrected chi connectivity index (χ1v) is 8.40. The molecule has 1 aromatic carbocycles. The molecule has 1 aliphatic rings. The molecule has 2 N–H and O–H groups in total. The van der Waals surface area contributed by atoms with Crippen molar-refractivity contribution in [1.29, 1.82) is 0 Å². The maximum absolute atomic E-state index is 6.54. The third-order valence-corrected chi connectivity index (χ3v) is 5.48. The molecule has 118 valence electrons. The van der Waals surface area contributed by atoms with Gasteiger partial charge in [0.25, 0.3) is 0 Å². The number of piperidine rings is 1. The third-order valence-electron chi connectivity index (χ3n) is 5.48. The van der Waals surface area contributed by atoms with E-state index in [2.05, 4.69) is 51.7 Å². The molecule has 1 aromatic rings. The minimum absolute atomic E-state index is 0.136. The molecule has 0 spiro atoms. The lowest BCUT2D eigenvalue weighted by atomic mass is 9.78. The molecule has 1 aliphatic heterocycles. The SMILES string of the molecule is CCC1(C)CCN(CC(N)c2c(C)cc(C)cc2C)CC1. The number of benzene rings is 1. The first-order chi connectivity index (χ1) is 9.84. The lowest BCUT2D eigenvalue weighted by Gasteiger charge is -2.40. The zero-order valence-electron chi connectivity index (χ0n) is 14.5. The summed E-state index contributed by atoms with van der Waals surface area (Å²) in [6.45, 7) is 14.7. The summed E-state index contributed by atoms with van der Waals surface area (Å²) in [5, 5.41) is 0. The van der Waals surface area contributed by atoms with E-state index in [-0.39, 0.29) is 6.04 Å². The minimum Gasteiger partial charge on any atom is -0.323 e.